The average Bonchev–Trinajstić information content (AvgIpc) is 2.60. The molecule has 1 aliphatic rings. The number of aromatic nitrogens is 1. The summed E-state index contributed by atoms with van der Waals surface area (Å²) in [6.07, 6.45) is -3.63. The maximum atomic E-state index is 13.5. The number of rotatable bonds is 2. The van der Waals surface area contributed by atoms with Crippen LogP contribution in [0.5, 0.6) is 0 Å². The SMILES string of the molecule is O=C(c1ccc(C(F)(F)F)nc1)N1CCNCC1c1cccc(F)c1. The number of halogens is 4. The van der Waals surface area contributed by atoms with Crippen molar-refractivity contribution < 1.29 is 22.4 Å². The maximum Gasteiger partial charge on any atom is 0.433 e. The van der Waals surface area contributed by atoms with Gasteiger partial charge < -0.3 is 10.2 Å². The van der Waals surface area contributed by atoms with Crippen LogP contribution in [0.15, 0.2) is 42.6 Å². The first kappa shape index (κ1) is 17.3. The lowest BCUT2D eigenvalue weighted by Crippen LogP contribution is -2.48. The highest BCUT2D eigenvalue weighted by Gasteiger charge is 2.33. The van der Waals surface area contributed by atoms with Gasteiger partial charge in [0.05, 0.1) is 11.6 Å². The summed E-state index contributed by atoms with van der Waals surface area (Å²) >= 11 is 0. The number of piperazine rings is 1. The number of alkyl halides is 3. The number of hydrogen-bond acceptors (Lipinski definition) is 3. The monoisotopic (exact) mass is 353 g/mol. The van der Waals surface area contributed by atoms with Gasteiger partial charge in [0.1, 0.15) is 11.5 Å². The summed E-state index contributed by atoms with van der Waals surface area (Å²) in [7, 11) is 0. The summed E-state index contributed by atoms with van der Waals surface area (Å²) in [5.74, 6) is -0.844. The van der Waals surface area contributed by atoms with Gasteiger partial charge in [0.2, 0.25) is 0 Å². The molecule has 1 aromatic heterocycles. The molecule has 3 rings (SSSR count). The van der Waals surface area contributed by atoms with E-state index in [0.29, 0.717) is 25.2 Å². The third kappa shape index (κ3) is 3.79. The van der Waals surface area contributed by atoms with Crippen LogP contribution in [0, 0.1) is 5.82 Å². The molecule has 8 heteroatoms. The first-order valence-corrected chi connectivity index (χ1v) is 7.66. The van der Waals surface area contributed by atoms with Crippen molar-refractivity contribution in [3.8, 4) is 0 Å². The van der Waals surface area contributed by atoms with E-state index in [-0.39, 0.29) is 5.56 Å². The second kappa shape index (κ2) is 6.79. The van der Waals surface area contributed by atoms with Crippen LogP contribution in [0.25, 0.3) is 0 Å². The topological polar surface area (TPSA) is 45.2 Å². The minimum atomic E-state index is -4.55. The Kier molecular flexibility index (Phi) is 4.71. The van der Waals surface area contributed by atoms with Crippen LogP contribution in [-0.2, 0) is 6.18 Å². The van der Waals surface area contributed by atoms with E-state index in [2.05, 4.69) is 10.3 Å². The number of nitrogens with one attached hydrogen (secondary N) is 1. The summed E-state index contributed by atoms with van der Waals surface area (Å²) in [6, 6.07) is 7.43. The average molecular weight is 353 g/mol. The van der Waals surface area contributed by atoms with E-state index < -0.39 is 29.6 Å². The highest BCUT2D eigenvalue weighted by molar-refractivity contribution is 5.94. The lowest BCUT2D eigenvalue weighted by atomic mass is 10.0. The lowest BCUT2D eigenvalue weighted by Gasteiger charge is -2.36. The summed E-state index contributed by atoms with van der Waals surface area (Å²) in [5, 5.41) is 3.14. The summed E-state index contributed by atoms with van der Waals surface area (Å²) in [4.78, 5) is 17.6. The van der Waals surface area contributed by atoms with Gasteiger partial charge in [-0.1, -0.05) is 12.1 Å². The minimum Gasteiger partial charge on any atom is -0.329 e. The molecule has 1 aromatic carbocycles. The molecule has 0 saturated carbocycles. The highest BCUT2D eigenvalue weighted by Crippen LogP contribution is 2.28. The molecule has 1 saturated heterocycles. The van der Waals surface area contributed by atoms with Crippen LogP contribution >= 0.6 is 0 Å². The van der Waals surface area contributed by atoms with Crippen molar-refractivity contribution in [3.63, 3.8) is 0 Å². The van der Waals surface area contributed by atoms with Gasteiger partial charge in [-0.3, -0.25) is 9.78 Å². The number of carbonyl (C=O) groups excluding carboxylic acids is 1. The molecule has 2 aromatic rings. The Balaban J connectivity index is 1.86. The quantitative estimate of drug-likeness (QED) is 0.845. The van der Waals surface area contributed by atoms with E-state index in [9.17, 15) is 22.4 Å². The first-order valence-electron chi connectivity index (χ1n) is 7.66. The molecule has 1 N–H and O–H groups in total. The van der Waals surface area contributed by atoms with Crippen LogP contribution in [0.1, 0.15) is 27.7 Å². The fourth-order valence-electron chi connectivity index (χ4n) is 2.81. The number of benzene rings is 1. The smallest absolute Gasteiger partial charge is 0.329 e. The Bertz CT molecular complexity index is 761. The fourth-order valence-corrected chi connectivity index (χ4v) is 2.81. The molecule has 0 spiro atoms. The molecule has 0 aliphatic carbocycles. The standard InChI is InChI=1S/C17H15F4N3O/c18-13-3-1-2-11(8-13)14-10-22-6-7-24(14)16(25)12-4-5-15(23-9-12)17(19,20)21/h1-5,8-9,14,22H,6-7,10H2. The van der Waals surface area contributed by atoms with Crippen molar-refractivity contribution in [3.05, 3.63) is 65.2 Å². The Morgan fingerprint density at radius 2 is 2.04 bits per heavy atom. The zero-order valence-electron chi connectivity index (χ0n) is 13.1. The van der Waals surface area contributed by atoms with Crippen LogP contribution in [-0.4, -0.2) is 35.4 Å². The number of nitrogens with zero attached hydrogens (tertiary/aromatic N) is 2. The van der Waals surface area contributed by atoms with Crippen LogP contribution in [0.3, 0.4) is 0 Å². The summed E-state index contributed by atoms with van der Waals surface area (Å²) in [5.41, 5.74) is -0.359. The zero-order chi connectivity index (χ0) is 18.0. The van der Waals surface area contributed by atoms with Gasteiger partial charge in [0.25, 0.3) is 5.91 Å². The number of hydrogen-bond donors (Lipinski definition) is 1. The van der Waals surface area contributed by atoms with E-state index in [4.69, 9.17) is 0 Å². The third-order valence-electron chi connectivity index (χ3n) is 4.04. The van der Waals surface area contributed by atoms with Gasteiger partial charge in [0, 0.05) is 25.8 Å². The molecule has 0 bridgehead atoms. The lowest BCUT2D eigenvalue weighted by molar-refractivity contribution is -0.141. The van der Waals surface area contributed by atoms with Crippen molar-refractivity contribution in [2.75, 3.05) is 19.6 Å². The molecular weight excluding hydrogens is 338 g/mol. The fraction of sp³-hybridized carbons (Fsp3) is 0.294. The highest BCUT2D eigenvalue weighted by atomic mass is 19.4. The van der Waals surface area contributed by atoms with Crippen molar-refractivity contribution in [2.24, 2.45) is 0 Å². The third-order valence-corrected chi connectivity index (χ3v) is 4.04. The largest absolute Gasteiger partial charge is 0.433 e. The Morgan fingerprint density at radius 1 is 1.24 bits per heavy atom. The predicted octanol–water partition coefficient (Wildman–Crippen LogP) is 3.03. The van der Waals surface area contributed by atoms with E-state index in [0.717, 1.165) is 18.3 Å². The molecule has 25 heavy (non-hydrogen) atoms. The van der Waals surface area contributed by atoms with Crippen LogP contribution in [0.4, 0.5) is 17.6 Å². The maximum absolute atomic E-state index is 13.5. The van der Waals surface area contributed by atoms with Gasteiger partial charge >= 0.3 is 6.18 Å². The number of pyridine rings is 1. The molecule has 0 radical (unpaired) electrons. The van der Waals surface area contributed by atoms with Gasteiger partial charge in [-0.25, -0.2) is 4.39 Å². The van der Waals surface area contributed by atoms with Crippen LogP contribution in [0.2, 0.25) is 0 Å². The van der Waals surface area contributed by atoms with E-state index in [1.807, 2.05) is 0 Å². The van der Waals surface area contributed by atoms with Crippen molar-refractivity contribution >= 4 is 5.91 Å². The molecule has 2 heterocycles. The first-order chi connectivity index (χ1) is 11.9. The molecule has 4 nitrogen and oxygen atoms in total. The Hall–Kier alpha value is -2.48. The van der Waals surface area contributed by atoms with Crippen molar-refractivity contribution in [2.45, 2.75) is 12.2 Å². The summed E-state index contributed by atoms with van der Waals surface area (Å²) in [6.45, 7) is 1.34. The van der Waals surface area contributed by atoms with Gasteiger partial charge in [-0.15, -0.1) is 0 Å². The van der Waals surface area contributed by atoms with E-state index >= 15 is 0 Å². The number of amides is 1. The van der Waals surface area contributed by atoms with E-state index in [1.165, 1.54) is 17.0 Å². The Labute approximate surface area is 141 Å². The zero-order valence-corrected chi connectivity index (χ0v) is 13.1. The molecule has 1 unspecified atom stereocenters. The molecule has 132 valence electrons. The predicted molar refractivity (Wildman–Crippen MR) is 82.3 cm³/mol. The second-order valence-corrected chi connectivity index (χ2v) is 5.70. The molecule has 1 amide bonds. The van der Waals surface area contributed by atoms with E-state index in [1.54, 1.807) is 12.1 Å². The normalized spacial score (nSPS) is 18.2. The van der Waals surface area contributed by atoms with Crippen molar-refractivity contribution in [1.82, 2.24) is 15.2 Å². The van der Waals surface area contributed by atoms with Gasteiger partial charge in [0.15, 0.2) is 0 Å². The molecular formula is C17H15F4N3O. The number of carbonyl (C=O) groups is 1. The Morgan fingerprint density at radius 3 is 2.68 bits per heavy atom. The van der Waals surface area contributed by atoms with Gasteiger partial charge in [-0.05, 0) is 29.8 Å². The molecule has 1 aliphatic heterocycles. The molecule has 1 atom stereocenters. The second-order valence-electron chi connectivity index (χ2n) is 5.70. The molecule has 1 fully saturated rings. The summed E-state index contributed by atoms with van der Waals surface area (Å²) < 4.78 is 51.3. The van der Waals surface area contributed by atoms with Gasteiger partial charge in [-0.2, -0.15) is 13.2 Å². The van der Waals surface area contributed by atoms with Crippen LogP contribution < -0.4 is 5.32 Å². The van der Waals surface area contributed by atoms with Crippen molar-refractivity contribution in [1.29, 1.82) is 0 Å². The minimum absolute atomic E-state index is 0.0660.